The Hall–Kier alpha value is -2.49. The lowest BCUT2D eigenvalue weighted by molar-refractivity contribution is 0.0527. The van der Waals surface area contributed by atoms with Crippen molar-refractivity contribution in [3.63, 3.8) is 0 Å². The molecule has 1 heterocycles. The maximum absolute atomic E-state index is 13.6. The van der Waals surface area contributed by atoms with E-state index < -0.39 is 32.5 Å². The number of halogens is 2. The lowest BCUT2D eigenvalue weighted by Crippen LogP contribution is -2.17. The van der Waals surface area contributed by atoms with Crippen LogP contribution in [0.5, 0.6) is 0 Å². The van der Waals surface area contributed by atoms with Crippen LogP contribution in [-0.2, 0) is 14.8 Å². The van der Waals surface area contributed by atoms with Crippen LogP contribution < -0.4 is 4.72 Å². The van der Waals surface area contributed by atoms with E-state index in [0.717, 1.165) is 18.3 Å². The average molecular weight is 331 g/mol. The summed E-state index contributed by atoms with van der Waals surface area (Å²) in [5.74, 6) is -3.24. The number of aromatic nitrogens is 2. The van der Waals surface area contributed by atoms with E-state index >= 15 is 0 Å². The maximum atomic E-state index is 13.6. The van der Waals surface area contributed by atoms with Crippen LogP contribution in [0, 0.1) is 11.6 Å². The molecular formula is C12H11F2N3O4S. The quantitative estimate of drug-likeness (QED) is 0.812. The van der Waals surface area contributed by atoms with Crippen molar-refractivity contribution in [2.45, 2.75) is 11.8 Å². The SMILES string of the molecule is CCOC(=O)c1cn[nH]c1NS(=O)(=O)c1ccc(F)cc1F. The van der Waals surface area contributed by atoms with Crippen molar-refractivity contribution in [2.75, 3.05) is 11.3 Å². The average Bonchev–Trinajstić information content (AvgIpc) is 2.85. The monoisotopic (exact) mass is 331 g/mol. The predicted octanol–water partition coefficient (Wildman–Crippen LogP) is 1.67. The maximum Gasteiger partial charge on any atom is 0.343 e. The number of carbonyl (C=O) groups excluding carboxylic acids is 1. The summed E-state index contributed by atoms with van der Waals surface area (Å²) in [7, 11) is -4.37. The van der Waals surface area contributed by atoms with Gasteiger partial charge < -0.3 is 4.74 Å². The van der Waals surface area contributed by atoms with Crippen LogP contribution in [0.3, 0.4) is 0 Å². The standard InChI is InChI=1S/C12H11F2N3O4S/c1-2-21-12(18)8-6-15-16-11(8)17-22(19,20)10-4-3-7(13)5-9(10)14/h3-6H,2H2,1H3,(H2,15,16,17). The molecule has 0 aliphatic rings. The van der Waals surface area contributed by atoms with Crippen molar-refractivity contribution in [3.8, 4) is 0 Å². The van der Waals surface area contributed by atoms with Gasteiger partial charge in [0, 0.05) is 6.07 Å². The summed E-state index contributed by atoms with van der Waals surface area (Å²) in [4.78, 5) is 10.9. The fraction of sp³-hybridized carbons (Fsp3) is 0.167. The molecule has 0 saturated heterocycles. The van der Waals surface area contributed by atoms with E-state index in [-0.39, 0.29) is 18.0 Å². The van der Waals surface area contributed by atoms with Gasteiger partial charge in [-0.3, -0.25) is 9.82 Å². The van der Waals surface area contributed by atoms with Gasteiger partial charge in [0.1, 0.15) is 27.9 Å². The summed E-state index contributed by atoms with van der Waals surface area (Å²) in [6.45, 7) is 1.67. The number of ether oxygens (including phenoxy) is 1. The zero-order valence-corrected chi connectivity index (χ0v) is 12.1. The van der Waals surface area contributed by atoms with E-state index in [9.17, 15) is 22.0 Å². The molecule has 22 heavy (non-hydrogen) atoms. The van der Waals surface area contributed by atoms with E-state index in [1.807, 2.05) is 4.72 Å². The first-order chi connectivity index (χ1) is 10.3. The van der Waals surface area contributed by atoms with Crippen molar-refractivity contribution in [3.05, 3.63) is 41.6 Å². The predicted molar refractivity (Wildman–Crippen MR) is 71.7 cm³/mol. The normalized spacial score (nSPS) is 11.2. The Kier molecular flexibility index (Phi) is 4.40. The molecule has 2 aromatic rings. The van der Waals surface area contributed by atoms with Crippen LogP contribution in [0.15, 0.2) is 29.3 Å². The van der Waals surface area contributed by atoms with Crippen LogP contribution in [-0.4, -0.2) is 31.2 Å². The summed E-state index contributed by atoms with van der Waals surface area (Å²) >= 11 is 0. The Labute approximate surface area is 124 Å². The van der Waals surface area contributed by atoms with E-state index in [4.69, 9.17) is 4.74 Å². The van der Waals surface area contributed by atoms with Gasteiger partial charge in [-0.25, -0.2) is 22.0 Å². The molecule has 0 bridgehead atoms. The number of nitrogens with one attached hydrogen (secondary N) is 2. The van der Waals surface area contributed by atoms with E-state index in [2.05, 4.69) is 10.2 Å². The number of sulfonamides is 1. The minimum absolute atomic E-state index is 0.0861. The Balaban J connectivity index is 2.34. The smallest absolute Gasteiger partial charge is 0.343 e. The number of carbonyl (C=O) groups is 1. The van der Waals surface area contributed by atoms with Gasteiger partial charge in [-0.1, -0.05) is 0 Å². The minimum Gasteiger partial charge on any atom is -0.462 e. The van der Waals surface area contributed by atoms with Crippen LogP contribution in [0.2, 0.25) is 0 Å². The third-order valence-electron chi connectivity index (χ3n) is 2.55. The molecular weight excluding hydrogens is 320 g/mol. The molecule has 0 fully saturated rings. The van der Waals surface area contributed by atoms with Crippen molar-refractivity contribution >= 4 is 21.8 Å². The first-order valence-electron chi connectivity index (χ1n) is 6.03. The molecule has 1 aromatic heterocycles. The summed E-state index contributed by atoms with van der Waals surface area (Å²) < 4.78 is 57.3. The molecule has 1 aromatic carbocycles. The molecule has 0 unspecified atom stereocenters. The molecule has 0 aliphatic heterocycles. The minimum atomic E-state index is -4.37. The third kappa shape index (κ3) is 3.22. The van der Waals surface area contributed by atoms with Gasteiger partial charge in [-0.05, 0) is 19.1 Å². The zero-order chi connectivity index (χ0) is 16.3. The number of anilines is 1. The lowest BCUT2D eigenvalue weighted by Gasteiger charge is -2.08. The van der Waals surface area contributed by atoms with E-state index in [0.29, 0.717) is 6.07 Å². The topological polar surface area (TPSA) is 101 Å². The highest BCUT2D eigenvalue weighted by Crippen LogP contribution is 2.21. The summed E-state index contributed by atoms with van der Waals surface area (Å²) in [5, 5.41) is 5.80. The molecule has 10 heteroatoms. The largest absolute Gasteiger partial charge is 0.462 e. The fourth-order valence-electron chi connectivity index (χ4n) is 1.61. The van der Waals surface area contributed by atoms with Crippen molar-refractivity contribution in [1.82, 2.24) is 10.2 Å². The highest BCUT2D eigenvalue weighted by atomic mass is 32.2. The van der Waals surface area contributed by atoms with Crippen molar-refractivity contribution in [1.29, 1.82) is 0 Å². The highest BCUT2D eigenvalue weighted by molar-refractivity contribution is 7.92. The Morgan fingerprint density at radius 3 is 2.77 bits per heavy atom. The molecule has 7 nitrogen and oxygen atoms in total. The number of H-pyrrole nitrogens is 1. The lowest BCUT2D eigenvalue weighted by atomic mass is 10.3. The second-order valence-corrected chi connectivity index (χ2v) is 5.71. The molecule has 0 spiro atoms. The number of hydrogen-bond acceptors (Lipinski definition) is 5. The first-order valence-corrected chi connectivity index (χ1v) is 7.52. The number of rotatable bonds is 5. The van der Waals surface area contributed by atoms with Gasteiger partial charge in [0.25, 0.3) is 10.0 Å². The third-order valence-corrected chi connectivity index (χ3v) is 3.94. The molecule has 0 saturated carbocycles. The second-order valence-electron chi connectivity index (χ2n) is 4.06. The molecule has 0 aliphatic carbocycles. The van der Waals surface area contributed by atoms with E-state index in [1.54, 1.807) is 6.92 Å². The molecule has 0 amide bonds. The Bertz CT molecular complexity index is 804. The number of esters is 1. The van der Waals surface area contributed by atoms with Crippen LogP contribution in [0.1, 0.15) is 17.3 Å². The number of hydrogen-bond donors (Lipinski definition) is 2. The van der Waals surface area contributed by atoms with Gasteiger partial charge in [0.05, 0.1) is 12.8 Å². The van der Waals surface area contributed by atoms with Gasteiger partial charge in [0.2, 0.25) is 0 Å². The number of nitrogens with zero attached hydrogens (tertiary/aromatic N) is 1. The molecule has 2 rings (SSSR count). The summed E-state index contributed by atoms with van der Waals surface area (Å²) in [6.07, 6.45) is 1.07. The van der Waals surface area contributed by atoms with Gasteiger partial charge in [-0.2, -0.15) is 5.10 Å². The van der Waals surface area contributed by atoms with Crippen LogP contribution in [0.4, 0.5) is 14.6 Å². The summed E-state index contributed by atoms with van der Waals surface area (Å²) in [6, 6.07) is 2.01. The zero-order valence-electron chi connectivity index (χ0n) is 11.3. The van der Waals surface area contributed by atoms with Crippen LogP contribution in [0.25, 0.3) is 0 Å². The summed E-state index contributed by atoms with van der Waals surface area (Å²) in [5.41, 5.74) is -0.159. The van der Waals surface area contributed by atoms with Crippen molar-refractivity contribution in [2.24, 2.45) is 0 Å². The molecule has 118 valence electrons. The Morgan fingerprint density at radius 2 is 2.14 bits per heavy atom. The van der Waals surface area contributed by atoms with Gasteiger partial charge in [-0.15, -0.1) is 0 Å². The first kappa shape index (κ1) is 15.9. The molecule has 0 atom stereocenters. The van der Waals surface area contributed by atoms with E-state index in [1.165, 1.54) is 0 Å². The van der Waals surface area contributed by atoms with Crippen LogP contribution >= 0.6 is 0 Å². The number of benzene rings is 1. The molecule has 2 N–H and O–H groups in total. The van der Waals surface area contributed by atoms with Crippen molar-refractivity contribution < 1.29 is 26.7 Å². The second kappa shape index (κ2) is 6.10. The molecule has 0 radical (unpaired) electrons. The van der Waals surface area contributed by atoms with Gasteiger partial charge in [0.15, 0.2) is 0 Å². The fourth-order valence-corrected chi connectivity index (χ4v) is 2.71. The Morgan fingerprint density at radius 1 is 1.41 bits per heavy atom. The highest BCUT2D eigenvalue weighted by Gasteiger charge is 2.24. The number of aromatic amines is 1. The van der Waals surface area contributed by atoms with Gasteiger partial charge >= 0.3 is 5.97 Å².